The Kier molecular flexibility index (Phi) is 7.45. The van der Waals surface area contributed by atoms with E-state index < -0.39 is 0 Å². The molecule has 1 aromatic carbocycles. The maximum atomic E-state index is 5.31. The van der Waals surface area contributed by atoms with Crippen LogP contribution in [0.1, 0.15) is 39.2 Å². The van der Waals surface area contributed by atoms with Gasteiger partial charge in [0.15, 0.2) is 5.96 Å². The van der Waals surface area contributed by atoms with Crippen molar-refractivity contribution in [1.82, 2.24) is 10.6 Å². The summed E-state index contributed by atoms with van der Waals surface area (Å²) in [6.45, 7) is 8.15. The van der Waals surface area contributed by atoms with Gasteiger partial charge in [-0.2, -0.15) is 0 Å². The maximum absolute atomic E-state index is 5.31. The van der Waals surface area contributed by atoms with E-state index in [1.54, 1.807) is 7.11 Å². The predicted octanol–water partition coefficient (Wildman–Crippen LogP) is 3.31. The van der Waals surface area contributed by atoms with Crippen molar-refractivity contribution in [3.63, 3.8) is 0 Å². The number of rotatable bonds is 6. The molecule has 0 unspecified atom stereocenters. The average Bonchev–Trinajstić information content (AvgIpc) is 3.29. The van der Waals surface area contributed by atoms with E-state index in [2.05, 4.69) is 43.5 Å². The number of halogens is 1. The van der Waals surface area contributed by atoms with Crippen molar-refractivity contribution >= 4 is 29.9 Å². The SMILES string of the molecule is CCNC(=NCC(C)(C)c1cccc(OC)c1)NC1CC1.I. The van der Waals surface area contributed by atoms with E-state index in [-0.39, 0.29) is 29.4 Å². The number of ether oxygens (including phenoxy) is 1. The molecule has 1 saturated carbocycles. The molecule has 0 radical (unpaired) electrons. The first-order valence-electron chi connectivity index (χ1n) is 7.74. The molecule has 1 aliphatic carbocycles. The molecular weight excluding hydrogens is 389 g/mol. The second kappa shape index (κ2) is 8.60. The molecule has 2 N–H and O–H groups in total. The zero-order valence-electron chi connectivity index (χ0n) is 14.0. The van der Waals surface area contributed by atoms with Crippen LogP contribution < -0.4 is 15.4 Å². The molecule has 0 atom stereocenters. The van der Waals surface area contributed by atoms with Crippen LogP contribution >= 0.6 is 24.0 Å². The van der Waals surface area contributed by atoms with E-state index in [1.165, 1.54) is 18.4 Å². The molecule has 0 aliphatic heterocycles. The maximum Gasteiger partial charge on any atom is 0.191 e. The number of hydrogen-bond acceptors (Lipinski definition) is 2. The highest BCUT2D eigenvalue weighted by Crippen LogP contribution is 2.26. The first-order valence-corrected chi connectivity index (χ1v) is 7.74. The molecule has 0 spiro atoms. The number of nitrogens with zero attached hydrogens (tertiary/aromatic N) is 1. The summed E-state index contributed by atoms with van der Waals surface area (Å²) in [7, 11) is 1.70. The molecule has 0 amide bonds. The van der Waals surface area contributed by atoms with Crippen molar-refractivity contribution in [1.29, 1.82) is 0 Å². The Hall–Kier alpha value is -0.980. The minimum atomic E-state index is -0.0273. The lowest BCUT2D eigenvalue weighted by atomic mass is 9.85. The van der Waals surface area contributed by atoms with Gasteiger partial charge in [-0.15, -0.1) is 24.0 Å². The minimum absolute atomic E-state index is 0. The smallest absolute Gasteiger partial charge is 0.191 e. The zero-order chi connectivity index (χ0) is 15.3. The van der Waals surface area contributed by atoms with Crippen LogP contribution in [0.4, 0.5) is 0 Å². The Labute approximate surface area is 151 Å². The highest BCUT2D eigenvalue weighted by molar-refractivity contribution is 14.0. The molecule has 0 aromatic heterocycles. The van der Waals surface area contributed by atoms with Crippen LogP contribution in [0, 0.1) is 0 Å². The molecule has 1 aliphatic rings. The fraction of sp³-hybridized carbons (Fsp3) is 0.588. The van der Waals surface area contributed by atoms with Gasteiger partial charge in [-0.25, -0.2) is 0 Å². The predicted molar refractivity (Wildman–Crippen MR) is 104 cm³/mol. The molecule has 5 heteroatoms. The van der Waals surface area contributed by atoms with Gasteiger partial charge in [0, 0.05) is 18.0 Å². The molecule has 4 nitrogen and oxygen atoms in total. The largest absolute Gasteiger partial charge is 0.497 e. The van der Waals surface area contributed by atoms with Gasteiger partial charge in [0.1, 0.15) is 5.75 Å². The summed E-state index contributed by atoms with van der Waals surface area (Å²) in [5.74, 6) is 1.82. The van der Waals surface area contributed by atoms with Crippen molar-refractivity contribution < 1.29 is 4.74 Å². The number of aliphatic imine (C=N–C) groups is 1. The van der Waals surface area contributed by atoms with Gasteiger partial charge in [0.2, 0.25) is 0 Å². The molecule has 0 saturated heterocycles. The Bertz CT molecular complexity index is 498. The quantitative estimate of drug-likeness (QED) is 0.424. The summed E-state index contributed by atoms with van der Waals surface area (Å²) in [6, 6.07) is 8.85. The standard InChI is InChI=1S/C17H27N3O.HI/c1-5-18-16(20-14-9-10-14)19-12-17(2,3)13-7-6-8-15(11-13)21-4;/h6-8,11,14H,5,9-10,12H2,1-4H3,(H2,18,19,20);1H. The van der Waals surface area contributed by atoms with Crippen LogP contribution in [0.5, 0.6) is 5.75 Å². The Morgan fingerprint density at radius 3 is 2.68 bits per heavy atom. The summed E-state index contributed by atoms with van der Waals surface area (Å²) >= 11 is 0. The van der Waals surface area contributed by atoms with Crippen LogP contribution in [-0.4, -0.2) is 32.2 Å². The average molecular weight is 417 g/mol. The molecular formula is C17H28IN3O. The van der Waals surface area contributed by atoms with Crippen molar-refractivity contribution in [2.24, 2.45) is 4.99 Å². The monoisotopic (exact) mass is 417 g/mol. The first-order chi connectivity index (χ1) is 10.0. The molecule has 0 heterocycles. The van der Waals surface area contributed by atoms with E-state index in [0.717, 1.165) is 24.8 Å². The van der Waals surface area contributed by atoms with E-state index in [1.807, 2.05) is 12.1 Å². The number of guanidine groups is 1. The summed E-state index contributed by atoms with van der Waals surface area (Å²) in [5, 5.41) is 6.77. The van der Waals surface area contributed by atoms with Crippen molar-refractivity contribution in [3.8, 4) is 5.75 Å². The Morgan fingerprint density at radius 1 is 1.36 bits per heavy atom. The van der Waals surface area contributed by atoms with Crippen LogP contribution in [-0.2, 0) is 5.41 Å². The van der Waals surface area contributed by atoms with Crippen molar-refractivity contribution in [2.75, 3.05) is 20.2 Å². The Morgan fingerprint density at radius 2 is 2.09 bits per heavy atom. The van der Waals surface area contributed by atoms with Gasteiger partial charge in [0.25, 0.3) is 0 Å². The molecule has 1 fully saturated rings. The van der Waals surface area contributed by atoms with Crippen LogP contribution in [0.3, 0.4) is 0 Å². The highest BCUT2D eigenvalue weighted by atomic mass is 127. The van der Waals surface area contributed by atoms with Gasteiger partial charge >= 0.3 is 0 Å². The van der Waals surface area contributed by atoms with E-state index in [4.69, 9.17) is 9.73 Å². The third-order valence-electron chi connectivity index (χ3n) is 3.75. The van der Waals surface area contributed by atoms with Crippen LogP contribution in [0.15, 0.2) is 29.3 Å². The van der Waals surface area contributed by atoms with Gasteiger partial charge < -0.3 is 15.4 Å². The van der Waals surface area contributed by atoms with Gasteiger partial charge in [-0.05, 0) is 37.5 Å². The molecule has 1 aromatic rings. The number of nitrogens with one attached hydrogen (secondary N) is 2. The molecule has 2 rings (SSSR count). The van der Waals surface area contributed by atoms with Gasteiger partial charge in [-0.3, -0.25) is 4.99 Å². The lowest BCUT2D eigenvalue weighted by Gasteiger charge is -2.24. The van der Waals surface area contributed by atoms with Gasteiger partial charge in [-0.1, -0.05) is 26.0 Å². The Balaban J connectivity index is 0.00000242. The molecule has 124 valence electrons. The van der Waals surface area contributed by atoms with Crippen molar-refractivity contribution in [3.05, 3.63) is 29.8 Å². The second-order valence-corrected chi connectivity index (χ2v) is 6.23. The summed E-state index contributed by atoms with van der Waals surface area (Å²) in [4.78, 5) is 4.75. The lowest BCUT2D eigenvalue weighted by Crippen LogP contribution is -2.39. The third kappa shape index (κ3) is 5.66. The van der Waals surface area contributed by atoms with Crippen molar-refractivity contribution in [2.45, 2.75) is 45.1 Å². The summed E-state index contributed by atoms with van der Waals surface area (Å²) in [5.41, 5.74) is 1.22. The summed E-state index contributed by atoms with van der Waals surface area (Å²) < 4.78 is 5.31. The third-order valence-corrected chi connectivity index (χ3v) is 3.75. The molecule has 22 heavy (non-hydrogen) atoms. The summed E-state index contributed by atoms with van der Waals surface area (Å²) in [6.07, 6.45) is 2.51. The number of hydrogen-bond donors (Lipinski definition) is 2. The topological polar surface area (TPSA) is 45.7 Å². The number of benzene rings is 1. The van der Waals surface area contributed by atoms with Gasteiger partial charge in [0.05, 0.1) is 13.7 Å². The van der Waals surface area contributed by atoms with E-state index in [0.29, 0.717) is 6.04 Å². The normalized spacial score (nSPS) is 15.0. The molecule has 0 bridgehead atoms. The second-order valence-electron chi connectivity index (χ2n) is 6.23. The van der Waals surface area contributed by atoms with E-state index >= 15 is 0 Å². The zero-order valence-corrected chi connectivity index (χ0v) is 16.3. The fourth-order valence-electron chi connectivity index (χ4n) is 2.15. The number of methoxy groups -OCH3 is 1. The van der Waals surface area contributed by atoms with E-state index in [9.17, 15) is 0 Å². The van der Waals surface area contributed by atoms with Crippen LogP contribution in [0.2, 0.25) is 0 Å². The first kappa shape index (κ1) is 19.1. The minimum Gasteiger partial charge on any atom is -0.497 e. The fourth-order valence-corrected chi connectivity index (χ4v) is 2.15. The lowest BCUT2D eigenvalue weighted by molar-refractivity contribution is 0.412. The highest BCUT2D eigenvalue weighted by Gasteiger charge is 2.24. The van der Waals surface area contributed by atoms with Crippen LogP contribution in [0.25, 0.3) is 0 Å².